The molecule has 30 heavy (non-hydrogen) atoms. The number of piperidine rings is 1. The Balaban J connectivity index is 1.58. The fraction of sp³-hybridized carbons (Fsp3) is 0.375. The molecule has 0 N–H and O–H groups in total. The summed E-state index contributed by atoms with van der Waals surface area (Å²) < 4.78 is 6.83. The largest absolute Gasteiger partial charge is 0.497 e. The van der Waals surface area contributed by atoms with Gasteiger partial charge in [0.25, 0.3) is 11.5 Å². The highest BCUT2D eigenvalue weighted by molar-refractivity contribution is 5.94. The van der Waals surface area contributed by atoms with Gasteiger partial charge in [0.1, 0.15) is 5.75 Å². The predicted molar refractivity (Wildman–Crippen MR) is 117 cm³/mol. The van der Waals surface area contributed by atoms with Crippen molar-refractivity contribution in [2.45, 2.75) is 38.1 Å². The summed E-state index contributed by atoms with van der Waals surface area (Å²) in [5.74, 6) is 0.588. The zero-order chi connectivity index (χ0) is 21.1. The van der Waals surface area contributed by atoms with Gasteiger partial charge in [0.05, 0.1) is 18.1 Å². The number of carbonyl (C=O) groups excluding carboxylic acids is 1. The lowest BCUT2D eigenvalue weighted by atomic mass is 9.95. The van der Waals surface area contributed by atoms with Crippen LogP contribution in [0.25, 0.3) is 11.0 Å². The molecule has 156 valence electrons. The van der Waals surface area contributed by atoms with E-state index in [1.807, 2.05) is 47.4 Å². The van der Waals surface area contributed by atoms with Crippen molar-refractivity contribution >= 4 is 16.9 Å². The van der Waals surface area contributed by atoms with Crippen molar-refractivity contribution in [2.24, 2.45) is 7.05 Å². The zero-order valence-electron chi connectivity index (χ0n) is 17.5. The smallest absolute Gasteiger partial charge is 0.282 e. The standard InChI is InChI=1S/C24H27N3O3/c1-26-21-12-4-3-11-20(21)25-22(23(26)28)24(29)27-15-6-5-9-18(27)14-13-17-8-7-10-19(16-17)30-2/h3-4,7-8,10-12,16,18H,5-6,9,13-15H2,1-2H3/t18-/m1/s1. The van der Waals surface area contributed by atoms with Crippen LogP contribution in [0.3, 0.4) is 0 Å². The van der Waals surface area contributed by atoms with Crippen LogP contribution in [0.5, 0.6) is 5.75 Å². The molecule has 1 amide bonds. The third kappa shape index (κ3) is 3.95. The fourth-order valence-electron chi connectivity index (χ4n) is 4.28. The quantitative estimate of drug-likeness (QED) is 0.651. The highest BCUT2D eigenvalue weighted by atomic mass is 16.5. The number of hydrogen-bond donors (Lipinski definition) is 0. The second-order valence-electron chi connectivity index (χ2n) is 7.85. The SMILES string of the molecule is COc1cccc(CC[C@H]2CCCCN2C(=O)c2nc3ccccc3n(C)c2=O)c1. The Hall–Kier alpha value is -3.15. The number of carbonyl (C=O) groups is 1. The van der Waals surface area contributed by atoms with Crippen molar-refractivity contribution in [3.8, 4) is 5.75 Å². The van der Waals surface area contributed by atoms with Gasteiger partial charge in [-0.1, -0.05) is 24.3 Å². The molecule has 1 aliphatic heterocycles. The van der Waals surface area contributed by atoms with Crippen LogP contribution in [0.2, 0.25) is 0 Å². The number of methoxy groups -OCH3 is 1. The maximum atomic E-state index is 13.4. The molecule has 0 saturated carbocycles. The van der Waals surface area contributed by atoms with E-state index in [0.717, 1.165) is 43.4 Å². The number of hydrogen-bond acceptors (Lipinski definition) is 4. The summed E-state index contributed by atoms with van der Waals surface area (Å²) in [5, 5.41) is 0. The minimum atomic E-state index is -0.337. The van der Waals surface area contributed by atoms with E-state index in [1.54, 1.807) is 14.2 Å². The van der Waals surface area contributed by atoms with Gasteiger partial charge < -0.3 is 14.2 Å². The number of para-hydroxylation sites is 2. The average molecular weight is 405 g/mol. The topological polar surface area (TPSA) is 64.4 Å². The average Bonchev–Trinajstić information content (AvgIpc) is 2.80. The van der Waals surface area contributed by atoms with Gasteiger partial charge >= 0.3 is 0 Å². The van der Waals surface area contributed by atoms with E-state index in [9.17, 15) is 9.59 Å². The first kappa shape index (κ1) is 20.1. The monoisotopic (exact) mass is 405 g/mol. The van der Waals surface area contributed by atoms with Crippen molar-refractivity contribution in [1.29, 1.82) is 0 Å². The number of fused-ring (bicyclic) bond motifs is 1. The third-order valence-corrected chi connectivity index (χ3v) is 5.97. The number of benzene rings is 2. The molecule has 6 heteroatoms. The van der Waals surface area contributed by atoms with E-state index in [1.165, 1.54) is 10.1 Å². The Morgan fingerprint density at radius 3 is 2.83 bits per heavy atom. The van der Waals surface area contributed by atoms with Crippen molar-refractivity contribution in [2.75, 3.05) is 13.7 Å². The summed E-state index contributed by atoms with van der Waals surface area (Å²) in [5.41, 5.74) is 2.26. The number of nitrogens with zero attached hydrogens (tertiary/aromatic N) is 3. The molecule has 1 fully saturated rings. The number of ether oxygens (including phenoxy) is 1. The Morgan fingerprint density at radius 2 is 2.00 bits per heavy atom. The Labute approximate surface area is 176 Å². The van der Waals surface area contributed by atoms with Crippen LogP contribution < -0.4 is 10.3 Å². The molecule has 0 spiro atoms. The van der Waals surface area contributed by atoms with Gasteiger partial charge in [-0.2, -0.15) is 0 Å². The number of rotatable bonds is 5. The van der Waals surface area contributed by atoms with E-state index in [2.05, 4.69) is 11.1 Å². The maximum Gasteiger partial charge on any atom is 0.282 e. The molecular formula is C24H27N3O3. The molecule has 1 aromatic heterocycles. The van der Waals surface area contributed by atoms with Gasteiger partial charge in [-0.05, 0) is 61.9 Å². The van der Waals surface area contributed by atoms with Gasteiger partial charge in [-0.3, -0.25) is 9.59 Å². The lowest BCUT2D eigenvalue weighted by molar-refractivity contribution is 0.0593. The van der Waals surface area contributed by atoms with E-state index in [-0.39, 0.29) is 23.2 Å². The lowest BCUT2D eigenvalue weighted by Crippen LogP contribution is -2.46. The highest BCUT2D eigenvalue weighted by Crippen LogP contribution is 2.24. The second kappa shape index (κ2) is 8.69. The molecule has 2 aromatic carbocycles. The molecule has 4 rings (SSSR count). The molecule has 1 atom stereocenters. The molecule has 3 aromatic rings. The Morgan fingerprint density at radius 1 is 1.17 bits per heavy atom. The second-order valence-corrected chi connectivity index (χ2v) is 7.85. The van der Waals surface area contributed by atoms with Crippen LogP contribution in [-0.2, 0) is 13.5 Å². The van der Waals surface area contributed by atoms with E-state index >= 15 is 0 Å². The summed E-state index contributed by atoms with van der Waals surface area (Å²) in [4.78, 5) is 32.5. The summed E-state index contributed by atoms with van der Waals surface area (Å²) in [6.07, 6.45) is 4.70. The molecule has 0 aliphatic carbocycles. The number of likely N-dealkylation sites (tertiary alicyclic amines) is 1. The normalized spacial score (nSPS) is 16.6. The first-order chi connectivity index (χ1) is 14.6. The molecule has 1 aliphatic rings. The van der Waals surface area contributed by atoms with E-state index in [4.69, 9.17) is 4.74 Å². The number of aromatic nitrogens is 2. The maximum absolute atomic E-state index is 13.4. The minimum Gasteiger partial charge on any atom is -0.497 e. The lowest BCUT2D eigenvalue weighted by Gasteiger charge is -2.35. The minimum absolute atomic E-state index is 0.0180. The first-order valence-corrected chi connectivity index (χ1v) is 10.5. The van der Waals surface area contributed by atoms with Crippen LogP contribution in [0.4, 0.5) is 0 Å². The van der Waals surface area contributed by atoms with E-state index in [0.29, 0.717) is 12.1 Å². The van der Waals surface area contributed by atoms with Gasteiger partial charge in [0, 0.05) is 19.6 Å². The Kier molecular flexibility index (Phi) is 5.84. The molecule has 2 heterocycles. The van der Waals surface area contributed by atoms with Gasteiger partial charge in [0.15, 0.2) is 5.69 Å². The van der Waals surface area contributed by atoms with Crippen molar-refractivity contribution < 1.29 is 9.53 Å². The van der Waals surface area contributed by atoms with Crippen molar-refractivity contribution in [3.63, 3.8) is 0 Å². The summed E-state index contributed by atoms with van der Waals surface area (Å²) in [7, 11) is 3.36. The van der Waals surface area contributed by atoms with Crippen LogP contribution in [0.1, 0.15) is 41.7 Å². The predicted octanol–water partition coefficient (Wildman–Crippen LogP) is 3.57. The molecule has 0 radical (unpaired) electrons. The fourth-order valence-corrected chi connectivity index (χ4v) is 4.28. The summed E-state index contributed by atoms with van der Waals surface area (Å²) >= 11 is 0. The molecule has 0 bridgehead atoms. The van der Waals surface area contributed by atoms with Crippen LogP contribution >= 0.6 is 0 Å². The number of amides is 1. The van der Waals surface area contributed by atoms with Gasteiger partial charge in [0.2, 0.25) is 0 Å². The molecular weight excluding hydrogens is 378 g/mol. The summed E-state index contributed by atoms with van der Waals surface area (Å²) in [6, 6.07) is 15.6. The van der Waals surface area contributed by atoms with Crippen LogP contribution in [0.15, 0.2) is 53.3 Å². The van der Waals surface area contributed by atoms with Crippen molar-refractivity contribution in [3.05, 3.63) is 70.1 Å². The molecule has 6 nitrogen and oxygen atoms in total. The van der Waals surface area contributed by atoms with Gasteiger partial charge in [-0.25, -0.2) is 4.98 Å². The van der Waals surface area contributed by atoms with E-state index < -0.39 is 0 Å². The van der Waals surface area contributed by atoms with Crippen molar-refractivity contribution in [1.82, 2.24) is 14.5 Å². The molecule has 1 saturated heterocycles. The summed E-state index contributed by atoms with van der Waals surface area (Å²) in [6.45, 7) is 0.666. The molecule has 0 unspecified atom stereocenters. The Bertz CT molecular complexity index is 1120. The van der Waals surface area contributed by atoms with Crippen LogP contribution in [0, 0.1) is 0 Å². The van der Waals surface area contributed by atoms with Crippen LogP contribution in [-0.4, -0.2) is 40.1 Å². The third-order valence-electron chi connectivity index (χ3n) is 5.97. The zero-order valence-corrected chi connectivity index (χ0v) is 17.5. The highest BCUT2D eigenvalue weighted by Gasteiger charge is 2.30. The first-order valence-electron chi connectivity index (χ1n) is 10.5. The number of aryl methyl sites for hydroxylation is 2. The van der Waals surface area contributed by atoms with Gasteiger partial charge in [-0.15, -0.1) is 0 Å².